The van der Waals surface area contributed by atoms with Crippen LogP contribution in [-0.2, 0) is 29.0 Å². The van der Waals surface area contributed by atoms with Gasteiger partial charge in [-0.1, -0.05) is 78.1 Å². The van der Waals surface area contributed by atoms with Gasteiger partial charge in [0.1, 0.15) is 12.1 Å². The number of hydrogen-bond acceptors (Lipinski definition) is 7. The van der Waals surface area contributed by atoms with Crippen LogP contribution in [0.3, 0.4) is 0 Å². The summed E-state index contributed by atoms with van der Waals surface area (Å²) in [5.74, 6) is -0.175. The molecule has 1 heterocycles. The van der Waals surface area contributed by atoms with Crippen molar-refractivity contribution in [3.05, 3.63) is 0 Å². The van der Waals surface area contributed by atoms with Gasteiger partial charge >= 0.3 is 6.03 Å². The molecule has 4 unspecified atom stereocenters. The van der Waals surface area contributed by atoms with Gasteiger partial charge in [0, 0.05) is 6.54 Å². The summed E-state index contributed by atoms with van der Waals surface area (Å²) in [4.78, 5) is 70.7. The first-order valence-electron chi connectivity index (χ1n) is 19.4. The number of hydrogen-bond donors (Lipinski definition) is 4. The normalized spacial score (nSPS) is 27.2. The minimum absolute atomic E-state index is 0.0606. The third-order valence-corrected chi connectivity index (χ3v) is 15.8. The quantitative estimate of drug-likeness (QED) is 0.165. The van der Waals surface area contributed by atoms with E-state index in [-0.39, 0.29) is 41.4 Å². The van der Waals surface area contributed by atoms with Gasteiger partial charge in [0.05, 0.1) is 28.6 Å². The van der Waals surface area contributed by atoms with Gasteiger partial charge in [0.25, 0.3) is 5.91 Å². The summed E-state index contributed by atoms with van der Waals surface area (Å²) < 4.78 is 25.9. The summed E-state index contributed by atoms with van der Waals surface area (Å²) in [5, 5.41) is 11.4. The molecule has 5 fully saturated rings. The molecule has 52 heavy (non-hydrogen) atoms. The Balaban J connectivity index is 1.40. The first-order chi connectivity index (χ1) is 24.3. The minimum atomic E-state index is -3.57. The van der Waals surface area contributed by atoms with Gasteiger partial charge in [-0.3, -0.25) is 19.2 Å². The number of rotatable bonds is 13. The molecule has 0 spiro atoms. The number of amides is 5. The number of sulfone groups is 1. The molecule has 5 amide bonds. The molecule has 4 N–H and O–H groups in total. The van der Waals surface area contributed by atoms with Gasteiger partial charge in [-0.05, 0) is 81.5 Å². The van der Waals surface area contributed by atoms with Crippen LogP contribution in [0.4, 0.5) is 4.79 Å². The third-order valence-electron chi connectivity index (χ3n) is 13.0. The molecule has 1 aliphatic heterocycles. The maximum Gasteiger partial charge on any atom is 0.315 e. The second-order valence-electron chi connectivity index (χ2n) is 18.3. The van der Waals surface area contributed by atoms with E-state index in [9.17, 15) is 32.4 Å². The molecule has 0 aromatic rings. The maximum absolute atomic E-state index is 14.9. The molecule has 5 aliphatic rings. The van der Waals surface area contributed by atoms with E-state index in [4.69, 9.17) is 6.42 Å². The van der Waals surface area contributed by atoms with E-state index >= 15 is 0 Å². The van der Waals surface area contributed by atoms with Crippen LogP contribution in [0.15, 0.2) is 0 Å². The lowest BCUT2D eigenvalue weighted by molar-refractivity contribution is -0.146. The molecule has 0 bridgehead atoms. The molecule has 4 aliphatic carbocycles. The zero-order chi connectivity index (χ0) is 38.3. The molecular formula is C39H61N5O7S. The van der Waals surface area contributed by atoms with Gasteiger partial charge in [-0.15, -0.1) is 6.42 Å². The van der Waals surface area contributed by atoms with Crippen molar-refractivity contribution in [2.75, 3.05) is 18.8 Å². The van der Waals surface area contributed by atoms with Gasteiger partial charge in [-0.2, -0.15) is 0 Å². The average Bonchev–Trinajstić information content (AvgIpc) is 3.92. The number of nitrogens with zero attached hydrogens (tertiary/aromatic N) is 1. The summed E-state index contributed by atoms with van der Waals surface area (Å²) in [6.45, 7) is 11.4. The maximum atomic E-state index is 14.9. The van der Waals surface area contributed by atoms with E-state index in [1.54, 1.807) is 25.7 Å². The molecule has 5 rings (SSSR count). The van der Waals surface area contributed by atoms with Crippen LogP contribution in [-0.4, -0.2) is 90.1 Å². The highest BCUT2D eigenvalue weighted by Gasteiger charge is 2.70. The number of carbonyl (C=O) groups excluding carboxylic acids is 5. The van der Waals surface area contributed by atoms with Crippen LogP contribution >= 0.6 is 0 Å². The Morgan fingerprint density at radius 1 is 0.904 bits per heavy atom. The van der Waals surface area contributed by atoms with Crippen molar-refractivity contribution in [2.24, 2.45) is 28.6 Å². The van der Waals surface area contributed by atoms with Crippen molar-refractivity contribution in [3.8, 4) is 12.3 Å². The fraction of sp³-hybridized carbons (Fsp3) is 0.821. The lowest BCUT2D eigenvalue weighted by Crippen LogP contribution is -2.65. The van der Waals surface area contributed by atoms with Crippen LogP contribution in [0.2, 0.25) is 0 Å². The summed E-state index contributed by atoms with van der Waals surface area (Å²) in [6, 6.07) is -3.45. The van der Waals surface area contributed by atoms with E-state index in [1.807, 2.05) is 6.92 Å². The van der Waals surface area contributed by atoms with Crippen LogP contribution < -0.4 is 21.3 Å². The fourth-order valence-electron chi connectivity index (χ4n) is 9.24. The van der Waals surface area contributed by atoms with Crippen molar-refractivity contribution in [1.29, 1.82) is 0 Å². The smallest absolute Gasteiger partial charge is 0.315 e. The molecule has 0 aromatic carbocycles. The Labute approximate surface area is 310 Å². The van der Waals surface area contributed by atoms with Gasteiger partial charge in [0.15, 0.2) is 9.84 Å². The number of ketones is 1. The highest BCUT2D eigenvalue weighted by molar-refractivity contribution is 7.92. The number of nitrogens with one attached hydrogen (secondary N) is 4. The second-order valence-corrected chi connectivity index (χ2v) is 21.1. The summed E-state index contributed by atoms with van der Waals surface area (Å²) in [7, 11) is -3.57. The summed E-state index contributed by atoms with van der Waals surface area (Å²) >= 11 is 0. The molecule has 0 radical (unpaired) electrons. The van der Waals surface area contributed by atoms with Crippen molar-refractivity contribution in [1.82, 2.24) is 26.2 Å². The Kier molecular flexibility index (Phi) is 11.5. The van der Waals surface area contributed by atoms with Crippen molar-refractivity contribution >= 4 is 39.4 Å². The van der Waals surface area contributed by atoms with Crippen LogP contribution in [0.1, 0.15) is 125 Å². The predicted octanol–water partition coefficient (Wildman–Crippen LogP) is 3.63. The molecular weight excluding hydrogens is 683 g/mol. The van der Waals surface area contributed by atoms with Crippen molar-refractivity contribution < 1.29 is 32.4 Å². The zero-order valence-electron chi connectivity index (χ0n) is 32.1. The van der Waals surface area contributed by atoms with Crippen LogP contribution in [0.5, 0.6) is 0 Å². The molecule has 0 aromatic heterocycles. The Hall–Kier alpha value is -3.14. The summed E-state index contributed by atoms with van der Waals surface area (Å²) in [5.41, 5.74) is -1.75. The molecule has 4 saturated carbocycles. The highest BCUT2D eigenvalue weighted by atomic mass is 32.2. The minimum Gasteiger partial charge on any atom is -0.344 e. The molecule has 290 valence electrons. The third kappa shape index (κ3) is 8.47. The Morgan fingerprint density at radius 3 is 2.06 bits per heavy atom. The first kappa shape index (κ1) is 40.1. The van der Waals surface area contributed by atoms with E-state index < -0.39 is 67.3 Å². The van der Waals surface area contributed by atoms with Crippen LogP contribution in [0, 0.1) is 40.9 Å². The lowest BCUT2D eigenvalue weighted by atomic mass is 9.70. The van der Waals surface area contributed by atoms with E-state index in [0.29, 0.717) is 38.6 Å². The fourth-order valence-corrected chi connectivity index (χ4v) is 10.8. The second kappa shape index (κ2) is 14.9. The van der Waals surface area contributed by atoms with E-state index in [1.165, 1.54) is 0 Å². The van der Waals surface area contributed by atoms with Crippen molar-refractivity contribution in [2.45, 2.75) is 153 Å². The number of piperidine rings is 1. The number of fused-ring (bicyclic) bond motifs is 1. The Bertz CT molecular complexity index is 1560. The van der Waals surface area contributed by atoms with E-state index in [0.717, 1.165) is 51.4 Å². The van der Waals surface area contributed by atoms with E-state index in [2.05, 4.69) is 41.0 Å². The zero-order valence-corrected chi connectivity index (χ0v) is 32.9. The standard InChI is InChI=1S/C39H61N5O7S/c1-8-21-40-33(47)30(45)27(22-25-15-16-25)41-32(46)29-28-26(37(28,5)6)23-44(29)34(48)31(38(7)17-11-9-12-18-38)42-35(49)43-39(19-13-10-14-20-39)24-52(50,51)36(2,3)4/h1,25-29,31H,9-24H2,2-7H3,(H,40,47)(H,41,46)(H2,42,43,49)/t26?,27?,28?,29?,31-/m1/s1. The van der Waals surface area contributed by atoms with Crippen LogP contribution in [0.25, 0.3) is 0 Å². The number of terminal acetylenes is 1. The first-order valence-corrected chi connectivity index (χ1v) is 21.1. The monoisotopic (exact) mass is 743 g/mol. The molecule has 5 atom stereocenters. The molecule has 13 heteroatoms. The molecule has 1 saturated heterocycles. The lowest BCUT2D eigenvalue weighted by Gasteiger charge is -2.44. The predicted molar refractivity (Wildman–Crippen MR) is 198 cm³/mol. The van der Waals surface area contributed by atoms with Gasteiger partial charge in [-0.25, -0.2) is 13.2 Å². The van der Waals surface area contributed by atoms with Crippen molar-refractivity contribution in [3.63, 3.8) is 0 Å². The highest BCUT2D eigenvalue weighted by Crippen LogP contribution is 2.65. The Morgan fingerprint density at radius 2 is 1.50 bits per heavy atom. The number of carbonyl (C=O) groups is 5. The van der Waals surface area contributed by atoms with Gasteiger partial charge < -0.3 is 26.2 Å². The SMILES string of the molecule is C#CCNC(=O)C(=O)C(CC1CC1)NC(=O)C1C2C(CN1C(=O)[C@@H](NC(=O)NC1(CS(=O)(=O)C(C)(C)C)CCCCC1)C1(C)CCCCC1)C2(C)C. The number of Topliss-reactive ketones (excluding diaryl/α,β-unsaturated/α-hetero) is 1. The topological polar surface area (TPSA) is 171 Å². The number of likely N-dealkylation sites (tertiary alicyclic amines) is 1. The number of urea groups is 1. The largest absolute Gasteiger partial charge is 0.344 e. The molecule has 12 nitrogen and oxygen atoms in total. The van der Waals surface area contributed by atoms with Gasteiger partial charge in [0.2, 0.25) is 17.6 Å². The average molecular weight is 744 g/mol. The summed E-state index contributed by atoms with van der Waals surface area (Å²) in [6.07, 6.45) is 15.3.